The van der Waals surface area contributed by atoms with E-state index in [0.29, 0.717) is 0 Å². The molecule has 4 heteroatoms. The van der Waals surface area contributed by atoms with Gasteiger partial charge in [-0.3, -0.25) is 4.79 Å². The number of hydrogen-bond acceptors (Lipinski definition) is 3. The minimum Gasteiger partial charge on any atom is -0.543 e. The molecule has 0 bridgehead atoms. The molecule has 0 aromatic rings. The summed E-state index contributed by atoms with van der Waals surface area (Å²) in [4.78, 5) is 23.2. The fourth-order valence-electron chi connectivity index (χ4n) is 1.80. The van der Waals surface area contributed by atoms with Crippen LogP contribution in [0, 0.1) is 0 Å². The van der Waals surface area contributed by atoms with Crippen LogP contribution in [0.3, 0.4) is 0 Å². The number of quaternary nitrogens is 1. The Bertz CT molecular complexity index is 301. The number of hydrogen-bond donors (Lipinski definition) is 0. The molecule has 0 amide bonds. The smallest absolute Gasteiger partial charge is 0.224 e. The van der Waals surface area contributed by atoms with Crippen LogP contribution in [0.4, 0.5) is 0 Å². The van der Waals surface area contributed by atoms with Gasteiger partial charge in [-0.25, -0.2) is 0 Å². The van der Waals surface area contributed by atoms with Crippen molar-refractivity contribution in [3.63, 3.8) is 0 Å². The van der Waals surface area contributed by atoms with Gasteiger partial charge < -0.3 is 14.4 Å². The number of carbonyl (C=O) groups excluding carboxylic acids is 2. The number of rotatable bonds is 5. The molecule has 0 aliphatic heterocycles. The van der Waals surface area contributed by atoms with Gasteiger partial charge in [0.05, 0.1) is 21.1 Å². The first-order valence-electron chi connectivity index (χ1n) is 4.84. The summed E-state index contributed by atoms with van der Waals surface area (Å²) in [6, 6.07) is 0. The van der Waals surface area contributed by atoms with E-state index in [2.05, 4.69) is 6.58 Å². The second-order valence-electron chi connectivity index (χ2n) is 4.62. The van der Waals surface area contributed by atoms with Gasteiger partial charge in [-0.2, -0.15) is 0 Å². The van der Waals surface area contributed by atoms with Gasteiger partial charge >= 0.3 is 0 Å². The van der Waals surface area contributed by atoms with Crippen molar-refractivity contribution in [1.82, 2.24) is 0 Å². The Morgan fingerprint density at radius 1 is 1.33 bits per heavy atom. The van der Waals surface area contributed by atoms with Crippen molar-refractivity contribution in [3.8, 4) is 0 Å². The average Bonchev–Trinajstić information content (AvgIpc) is 2.02. The van der Waals surface area contributed by atoms with E-state index >= 15 is 0 Å². The predicted octanol–water partition coefficient (Wildman–Crippen LogP) is -0.263. The summed E-state index contributed by atoms with van der Waals surface area (Å²) >= 11 is 0. The molecular formula is C11H19NO3. The maximum Gasteiger partial charge on any atom is 0.224 e. The maximum absolute atomic E-state index is 11.9. The van der Waals surface area contributed by atoms with Crippen molar-refractivity contribution in [2.24, 2.45) is 0 Å². The van der Waals surface area contributed by atoms with Crippen LogP contribution in [0.25, 0.3) is 0 Å². The number of carbonyl (C=O) groups is 2. The number of Topliss-reactive ketones (excluding diaryl/α,β-unsaturated/α-hetero) is 1. The Morgan fingerprint density at radius 3 is 1.80 bits per heavy atom. The Morgan fingerprint density at radius 2 is 1.73 bits per heavy atom. The molecule has 0 heterocycles. The molecule has 0 aliphatic carbocycles. The van der Waals surface area contributed by atoms with Crippen LogP contribution in [-0.2, 0) is 9.59 Å². The van der Waals surface area contributed by atoms with Gasteiger partial charge in [0.15, 0.2) is 0 Å². The topological polar surface area (TPSA) is 57.2 Å². The van der Waals surface area contributed by atoms with Crippen LogP contribution in [0.15, 0.2) is 12.2 Å². The van der Waals surface area contributed by atoms with Gasteiger partial charge in [0.1, 0.15) is 5.97 Å². The molecule has 4 nitrogen and oxygen atoms in total. The van der Waals surface area contributed by atoms with Crippen molar-refractivity contribution < 1.29 is 19.2 Å². The van der Waals surface area contributed by atoms with Crippen LogP contribution < -0.4 is 5.11 Å². The highest BCUT2D eigenvalue weighted by Crippen LogP contribution is 2.26. The van der Waals surface area contributed by atoms with E-state index in [1.54, 1.807) is 28.1 Å². The molecule has 0 fully saturated rings. The van der Waals surface area contributed by atoms with E-state index in [9.17, 15) is 14.7 Å². The van der Waals surface area contributed by atoms with Gasteiger partial charge in [-0.15, -0.1) is 0 Å². The molecule has 0 radical (unpaired) electrons. The summed E-state index contributed by atoms with van der Waals surface area (Å²) in [5.41, 5.74) is -1.29. The quantitative estimate of drug-likeness (QED) is 0.359. The molecule has 86 valence electrons. The van der Waals surface area contributed by atoms with Crippen molar-refractivity contribution in [2.45, 2.75) is 25.8 Å². The second-order valence-corrected chi connectivity index (χ2v) is 4.62. The summed E-state index contributed by atoms with van der Waals surface area (Å²) in [6.45, 7) is 6.70. The molecule has 0 N–H and O–H groups in total. The minimum atomic E-state index is -1.54. The fraction of sp³-hybridized carbons (Fsp3) is 0.636. The van der Waals surface area contributed by atoms with Crippen LogP contribution in [0.5, 0.6) is 0 Å². The number of ketones is 1. The van der Waals surface area contributed by atoms with E-state index in [1.165, 1.54) is 6.92 Å². The Kier molecular flexibility index (Phi) is 3.82. The first-order valence-corrected chi connectivity index (χ1v) is 4.84. The Balaban J connectivity index is 5.68. The molecule has 0 saturated heterocycles. The van der Waals surface area contributed by atoms with Gasteiger partial charge in [-0.05, 0) is 12.5 Å². The number of likely N-dealkylation sites (N-methyl/N-ethyl adjacent to an activating group) is 1. The lowest BCUT2D eigenvalue weighted by molar-refractivity contribution is -0.905. The molecule has 0 spiro atoms. The van der Waals surface area contributed by atoms with E-state index in [4.69, 9.17) is 0 Å². The third kappa shape index (κ3) is 2.09. The van der Waals surface area contributed by atoms with E-state index in [-0.39, 0.29) is 16.5 Å². The van der Waals surface area contributed by atoms with Gasteiger partial charge in [0, 0.05) is 6.42 Å². The zero-order chi connectivity index (χ0) is 12.4. The molecule has 15 heavy (non-hydrogen) atoms. The first-order chi connectivity index (χ1) is 6.61. The lowest BCUT2D eigenvalue weighted by Crippen LogP contribution is -2.70. The molecule has 1 unspecified atom stereocenters. The summed E-state index contributed by atoms with van der Waals surface area (Å²) in [7, 11) is 5.00. The Hall–Kier alpha value is -1.16. The molecule has 0 aliphatic rings. The maximum atomic E-state index is 11.9. The van der Waals surface area contributed by atoms with Crippen LogP contribution >= 0.6 is 0 Å². The van der Waals surface area contributed by atoms with Crippen molar-refractivity contribution in [2.75, 3.05) is 21.1 Å². The highest BCUT2D eigenvalue weighted by atomic mass is 16.4. The number of nitrogens with zero attached hydrogens (tertiary/aromatic N) is 1. The molecule has 1 atom stereocenters. The van der Waals surface area contributed by atoms with Crippen LogP contribution in [-0.4, -0.2) is 42.9 Å². The highest BCUT2D eigenvalue weighted by Gasteiger charge is 2.50. The lowest BCUT2D eigenvalue weighted by Gasteiger charge is -2.45. The normalized spacial score (nSPS) is 15.5. The molecular weight excluding hydrogens is 194 g/mol. The molecule has 0 aromatic heterocycles. The van der Waals surface area contributed by atoms with Gasteiger partial charge in [0.25, 0.3) is 0 Å². The minimum absolute atomic E-state index is 0.00245. The largest absolute Gasteiger partial charge is 0.543 e. The SMILES string of the molecule is C=C(C)C(=O)C(CC)(C(=O)[O-])[N+](C)(C)C. The molecule has 0 rings (SSSR count). The zero-order valence-electron chi connectivity index (χ0n) is 10.1. The lowest BCUT2D eigenvalue weighted by atomic mass is 9.84. The summed E-state index contributed by atoms with van der Waals surface area (Å²) in [6.07, 6.45) is 0.185. The Labute approximate surface area is 90.8 Å². The van der Waals surface area contributed by atoms with Crippen molar-refractivity contribution in [3.05, 3.63) is 12.2 Å². The monoisotopic (exact) mass is 213 g/mol. The second kappa shape index (κ2) is 4.14. The van der Waals surface area contributed by atoms with Crippen molar-refractivity contribution in [1.29, 1.82) is 0 Å². The van der Waals surface area contributed by atoms with Gasteiger partial charge in [0.2, 0.25) is 11.3 Å². The summed E-state index contributed by atoms with van der Waals surface area (Å²) < 4.78 is -0.00245. The van der Waals surface area contributed by atoms with Crippen LogP contribution in [0.2, 0.25) is 0 Å². The highest BCUT2D eigenvalue weighted by molar-refractivity contribution is 6.13. The molecule has 0 aromatic carbocycles. The first kappa shape index (κ1) is 13.8. The molecule has 0 saturated carbocycles. The average molecular weight is 213 g/mol. The predicted molar refractivity (Wildman–Crippen MR) is 55.9 cm³/mol. The summed E-state index contributed by atoms with van der Waals surface area (Å²) in [5.74, 6) is -1.80. The third-order valence-corrected chi connectivity index (χ3v) is 2.76. The third-order valence-electron chi connectivity index (χ3n) is 2.76. The van der Waals surface area contributed by atoms with Crippen molar-refractivity contribution >= 4 is 11.8 Å². The summed E-state index contributed by atoms with van der Waals surface area (Å²) in [5, 5.41) is 11.3. The number of aliphatic carboxylic acids is 1. The van der Waals surface area contributed by atoms with E-state index in [1.807, 2.05) is 0 Å². The fourth-order valence-corrected chi connectivity index (χ4v) is 1.80. The van der Waals surface area contributed by atoms with Crippen LogP contribution in [0.1, 0.15) is 20.3 Å². The van der Waals surface area contributed by atoms with E-state index in [0.717, 1.165) is 0 Å². The van der Waals surface area contributed by atoms with E-state index < -0.39 is 17.3 Å². The standard InChI is InChI=1S/C11H19NO3/c1-7-11(10(14)15,12(4,5)6)9(13)8(2)3/h2,7H2,1,3-6H3. The van der Waals surface area contributed by atoms with Gasteiger partial charge in [-0.1, -0.05) is 13.5 Å². The number of carboxylic acids is 1. The zero-order valence-corrected chi connectivity index (χ0v) is 10.1. The number of carboxylic acid groups (broad SMARTS) is 1.